The van der Waals surface area contributed by atoms with Gasteiger partial charge in [0, 0.05) is 24.9 Å². The highest BCUT2D eigenvalue weighted by molar-refractivity contribution is 5.85. The lowest BCUT2D eigenvalue weighted by Gasteiger charge is -2.46. The van der Waals surface area contributed by atoms with Crippen LogP contribution in [0.1, 0.15) is 56.1 Å². The van der Waals surface area contributed by atoms with Crippen LogP contribution in [0.2, 0.25) is 0 Å². The van der Waals surface area contributed by atoms with Gasteiger partial charge >= 0.3 is 0 Å². The Hall–Kier alpha value is -1.06. The molecule has 0 saturated carbocycles. The molecule has 1 N–H and O–H groups in total. The summed E-state index contributed by atoms with van der Waals surface area (Å²) in [6, 6.07) is 8.97. The number of halogens is 1. The molecule has 0 bridgehead atoms. The molecule has 1 aromatic carbocycles. The number of carbonyl (C=O) groups excluding carboxylic acids is 1. The van der Waals surface area contributed by atoms with E-state index in [0.717, 1.165) is 45.4 Å². The van der Waals surface area contributed by atoms with E-state index >= 15 is 0 Å². The summed E-state index contributed by atoms with van der Waals surface area (Å²) in [6.07, 6.45) is 9.18. The third kappa shape index (κ3) is 3.88. The minimum atomic E-state index is 0. The van der Waals surface area contributed by atoms with E-state index in [4.69, 9.17) is 0 Å². The van der Waals surface area contributed by atoms with E-state index in [1.54, 1.807) is 0 Å². The molecule has 2 atom stereocenters. The molecule has 3 nitrogen and oxygen atoms in total. The first-order chi connectivity index (χ1) is 11.8. The summed E-state index contributed by atoms with van der Waals surface area (Å²) in [6.45, 7) is 4.14. The second-order valence-electron chi connectivity index (χ2n) is 8.11. The predicted molar refractivity (Wildman–Crippen MR) is 104 cm³/mol. The Morgan fingerprint density at radius 3 is 2.92 bits per heavy atom. The molecule has 1 aromatic rings. The van der Waals surface area contributed by atoms with Gasteiger partial charge < -0.3 is 10.2 Å². The SMILES string of the molecule is Cl.O=C(CCC1CCNC1)N1CCCC2(CCCc3ccccc32)C1. The van der Waals surface area contributed by atoms with Gasteiger partial charge in [-0.3, -0.25) is 4.79 Å². The number of fused-ring (bicyclic) bond motifs is 2. The minimum Gasteiger partial charge on any atom is -0.342 e. The summed E-state index contributed by atoms with van der Waals surface area (Å²) < 4.78 is 0. The van der Waals surface area contributed by atoms with Crippen molar-refractivity contribution in [2.45, 2.75) is 56.8 Å². The lowest BCUT2D eigenvalue weighted by atomic mass is 9.66. The van der Waals surface area contributed by atoms with Crippen LogP contribution in [0.5, 0.6) is 0 Å². The first kappa shape index (κ1) is 18.7. The monoisotopic (exact) mass is 362 g/mol. The van der Waals surface area contributed by atoms with Crippen molar-refractivity contribution in [2.24, 2.45) is 5.92 Å². The number of rotatable bonds is 3. The smallest absolute Gasteiger partial charge is 0.222 e. The maximum atomic E-state index is 12.8. The van der Waals surface area contributed by atoms with Crippen molar-refractivity contribution in [3.63, 3.8) is 0 Å². The third-order valence-electron chi connectivity index (χ3n) is 6.55. The molecule has 0 aromatic heterocycles. The second-order valence-corrected chi connectivity index (χ2v) is 8.11. The van der Waals surface area contributed by atoms with E-state index in [-0.39, 0.29) is 17.8 Å². The molecular formula is C21H31ClN2O. The van der Waals surface area contributed by atoms with Gasteiger partial charge in [0.25, 0.3) is 0 Å². The lowest BCUT2D eigenvalue weighted by Crippen LogP contribution is -2.49. The van der Waals surface area contributed by atoms with Crippen LogP contribution in [0.25, 0.3) is 0 Å². The van der Waals surface area contributed by atoms with Gasteiger partial charge in [-0.05, 0) is 75.1 Å². The highest BCUT2D eigenvalue weighted by atomic mass is 35.5. The van der Waals surface area contributed by atoms with Crippen LogP contribution in [0, 0.1) is 5.92 Å². The van der Waals surface area contributed by atoms with E-state index in [9.17, 15) is 4.79 Å². The fourth-order valence-corrected chi connectivity index (χ4v) is 5.22. The largest absolute Gasteiger partial charge is 0.342 e. The molecule has 0 radical (unpaired) electrons. The number of hydrogen-bond acceptors (Lipinski definition) is 2. The Balaban J connectivity index is 0.00000182. The summed E-state index contributed by atoms with van der Waals surface area (Å²) in [7, 11) is 0. The van der Waals surface area contributed by atoms with Gasteiger partial charge in [0.2, 0.25) is 5.91 Å². The number of hydrogen-bond donors (Lipinski definition) is 1. The van der Waals surface area contributed by atoms with Crippen LogP contribution in [-0.4, -0.2) is 37.0 Å². The first-order valence-electron chi connectivity index (χ1n) is 9.84. The average molecular weight is 363 g/mol. The first-order valence-corrected chi connectivity index (χ1v) is 9.84. The summed E-state index contributed by atoms with van der Waals surface area (Å²) in [5.41, 5.74) is 3.29. The molecule has 2 saturated heterocycles. The van der Waals surface area contributed by atoms with Crippen LogP contribution < -0.4 is 5.32 Å². The van der Waals surface area contributed by atoms with Crippen LogP contribution in [-0.2, 0) is 16.6 Å². The highest BCUT2D eigenvalue weighted by Crippen LogP contribution is 2.43. The zero-order valence-corrected chi connectivity index (χ0v) is 16.0. The van der Waals surface area contributed by atoms with E-state index in [1.165, 1.54) is 43.2 Å². The van der Waals surface area contributed by atoms with Gasteiger partial charge in [0.05, 0.1) is 0 Å². The zero-order chi connectivity index (χ0) is 16.4. The second kappa shape index (κ2) is 8.09. The Bertz CT molecular complexity index is 599. The van der Waals surface area contributed by atoms with Crippen molar-refractivity contribution in [1.82, 2.24) is 10.2 Å². The molecule has 138 valence electrons. The standard InChI is InChI=1S/C21H30N2O.ClH/c24-20(9-8-17-10-13-22-15-17)23-14-4-12-21(16-23)11-3-6-18-5-1-2-7-19(18)21;/h1-2,5,7,17,22H,3-4,6,8-16H2;1H. The summed E-state index contributed by atoms with van der Waals surface area (Å²) in [5, 5.41) is 3.41. The van der Waals surface area contributed by atoms with Crippen LogP contribution in [0.15, 0.2) is 24.3 Å². The molecule has 2 aliphatic heterocycles. The molecule has 4 rings (SSSR count). The molecule has 4 heteroatoms. The van der Waals surface area contributed by atoms with E-state index in [2.05, 4.69) is 34.5 Å². The lowest BCUT2D eigenvalue weighted by molar-refractivity contribution is -0.134. The van der Waals surface area contributed by atoms with Crippen molar-refractivity contribution in [3.8, 4) is 0 Å². The molecule has 1 spiro atoms. The van der Waals surface area contributed by atoms with Crippen molar-refractivity contribution >= 4 is 18.3 Å². The van der Waals surface area contributed by atoms with E-state index in [0.29, 0.717) is 11.8 Å². The Labute approximate surface area is 158 Å². The van der Waals surface area contributed by atoms with E-state index in [1.807, 2.05) is 0 Å². The van der Waals surface area contributed by atoms with Gasteiger partial charge in [-0.15, -0.1) is 12.4 Å². The van der Waals surface area contributed by atoms with E-state index < -0.39 is 0 Å². The minimum absolute atomic E-state index is 0. The van der Waals surface area contributed by atoms with Gasteiger partial charge in [-0.1, -0.05) is 24.3 Å². The van der Waals surface area contributed by atoms with Crippen molar-refractivity contribution in [2.75, 3.05) is 26.2 Å². The topological polar surface area (TPSA) is 32.3 Å². The Morgan fingerprint density at radius 2 is 2.08 bits per heavy atom. The molecule has 2 heterocycles. The number of piperidine rings is 1. The Kier molecular flexibility index (Phi) is 6.06. The van der Waals surface area contributed by atoms with Gasteiger partial charge in [0.15, 0.2) is 0 Å². The predicted octanol–water partition coefficient (Wildman–Crippen LogP) is 3.69. The Morgan fingerprint density at radius 1 is 1.24 bits per heavy atom. The molecule has 1 aliphatic carbocycles. The third-order valence-corrected chi connectivity index (χ3v) is 6.55. The van der Waals surface area contributed by atoms with Gasteiger partial charge in [-0.25, -0.2) is 0 Å². The maximum Gasteiger partial charge on any atom is 0.222 e. The number of benzene rings is 1. The zero-order valence-electron chi connectivity index (χ0n) is 15.1. The van der Waals surface area contributed by atoms with Crippen LogP contribution in [0.4, 0.5) is 0 Å². The van der Waals surface area contributed by atoms with Crippen molar-refractivity contribution in [3.05, 3.63) is 35.4 Å². The van der Waals surface area contributed by atoms with Crippen molar-refractivity contribution < 1.29 is 4.79 Å². The van der Waals surface area contributed by atoms with Crippen molar-refractivity contribution in [1.29, 1.82) is 0 Å². The number of likely N-dealkylation sites (tertiary alicyclic amines) is 1. The molecule has 3 aliphatic rings. The highest BCUT2D eigenvalue weighted by Gasteiger charge is 2.41. The quantitative estimate of drug-likeness (QED) is 0.889. The van der Waals surface area contributed by atoms with Gasteiger partial charge in [-0.2, -0.15) is 0 Å². The molecule has 2 fully saturated rings. The number of nitrogens with zero attached hydrogens (tertiary/aromatic N) is 1. The number of carbonyl (C=O) groups is 1. The fraction of sp³-hybridized carbons (Fsp3) is 0.667. The molecule has 2 unspecified atom stereocenters. The summed E-state index contributed by atoms with van der Waals surface area (Å²) in [5.74, 6) is 1.10. The van der Waals surface area contributed by atoms with Crippen LogP contribution in [0.3, 0.4) is 0 Å². The molecule has 1 amide bonds. The number of nitrogens with one attached hydrogen (secondary N) is 1. The molecular weight excluding hydrogens is 332 g/mol. The van der Waals surface area contributed by atoms with Gasteiger partial charge in [0.1, 0.15) is 0 Å². The maximum absolute atomic E-state index is 12.8. The number of aryl methyl sites for hydroxylation is 1. The average Bonchev–Trinajstić information content (AvgIpc) is 3.14. The summed E-state index contributed by atoms with van der Waals surface area (Å²) in [4.78, 5) is 15.0. The fourth-order valence-electron chi connectivity index (χ4n) is 5.22. The molecule has 25 heavy (non-hydrogen) atoms. The normalized spacial score (nSPS) is 28.5. The van der Waals surface area contributed by atoms with Crippen LogP contribution >= 0.6 is 12.4 Å². The number of amides is 1. The summed E-state index contributed by atoms with van der Waals surface area (Å²) >= 11 is 0.